The highest BCUT2D eigenvalue weighted by molar-refractivity contribution is 6.30. The highest BCUT2D eigenvalue weighted by Crippen LogP contribution is 2.30. The summed E-state index contributed by atoms with van der Waals surface area (Å²) in [6.07, 6.45) is 2.71. The van der Waals surface area contributed by atoms with Crippen LogP contribution in [0.4, 0.5) is 4.39 Å². The molecule has 0 bridgehead atoms. The van der Waals surface area contributed by atoms with Crippen LogP contribution in [0.15, 0.2) is 36.4 Å². The van der Waals surface area contributed by atoms with Crippen molar-refractivity contribution in [1.29, 1.82) is 0 Å². The lowest BCUT2D eigenvalue weighted by Crippen LogP contribution is -2.47. The number of amides is 1. The molecule has 34 heavy (non-hydrogen) atoms. The van der Waals surface area contributed by atoms with Gasteiger partial charge in [-0.3, -0.25) is 14.4 Å². The molecule has 6 nitrogen and oxygen atoms in total. The zero-order valence-electron chi connectivity index (χ0n) is 18.9. The maximum atomic E-state index is 13.5. The summed E-state index contributed by atoms with van der Waals surface area (Å²) in [6, 6.07) is 9.44. The number of hydrogen-bond donors (Lipinski definition) is 1. The number of halogens is 2. The lowest BCUT2D eigenvalue weighted by atomic mass is 9.83. The zero-order valence-corrected chi connectivity index (χ0v) is 19.7. The molecule has 8 heteroatoms. The summed E-state index contributed by atoms with van der Waals surface area (Å²) in [5, 5.41) is 3.01. The Labute approximate surface area is 202 Å². The second kappa shape index (κ2) is 10.6. The van der Waals surface area contributed by atoms with Crippen molar-refractivity contribution >= 4 is 29.1 Å². The van der Waals surface area contributed by atoms with Crippen LogP contribution in [0, 0.1) is 18.7 Å². The average Bonchev–Trinajstić information content (AvgIpc) is 2.81. The monoisotopic (exact) mass is 487 g/mol. The molecule has 0 saturated heterocycles. The van der Waals surface area contributed by atoms with Crippen LogP contribution >= 0.6 is 11.6 Å². The number of carbonyl (C=O) groups is 3. The number of nitrogens with one attached hydrogen (secondary N) is 1. The van der Waals surface area contributed by atoms with E-state index in [0.29, 0.717) is 17.7 Å². The minimum atomic E-state index is -0.822. The van der Waals surface area contributed by atoms with Crippen LogP contribution in [0.25, 0.3) is 0 Å². The van der Waals surface area contributed by atoms with Crippen molar-refractivity contribution in [3.63, 3.8) is 0 Å². The molecule has 1 N–H and O–H groups in total. The minimum Gasteiger partial charge on any atom is -0.486 e. The van der Waals surface area contributed by atoms with Crippen molar-refractivity contribution in [3.8, 4) is 11.5 Å². The van der Waals surface area contributed by atoms with Crippen molar-refractivity contribution in [2.24, 2.45) is 5.92 Å². The summed E-state index contributed by atoms with van der Waals surface area (Å²) in [5.74, 6) is -0.0665. The fourth-order valence-electron chi connectivity index (χ4n) is 4.50. The summed E-state index contributed by atoms with van der Waals surface area (Å²) in [6.45, 7) is 1.79. The van der Waals surface area contributed by atoms with Crippen LogP contribution in [-0.2, 0) is 9.59 Å². The number of benzene rings is 2. The van der Waals surface area contributed by atoms with Crippen molar-refractivity contribution in [2.75, 3.05) is 6.61 Å². The molecule has 0 spiro atoms. The third-order valence-electron chi connectivity index (χ3n) is 6.37. The molecule has 1 aliphatic heterocycles. The molecule has 1 atom stereocenters. The van der Waals surface area contributed by atoms with Gasteiger partial charge in [0.25, 0.3) is 5.91 Å². The molecule has 1 fully saturated rings. The molecule has 1 saturated carbocycles. The van der Waals surface area contributed by atoms with Crippen LogP contribution < -0.4 is 14.8 Å². The lowest BCUT2D eigenvalue weighted by Gasteiger charge is -2.31. The average molecular weight is 488 g/mol. The first-order chi connectivity index (χ1) is 16.3. The number of aryl methyl sites for hydroxylation is 1. The van der Waals surface area contributed by atoms with Crippen molar-refractivity contribution in [3.05, 3.63) is 58.4 Å². The number of Topliss-reactive ketones (excluding diaryl/α,β-unsaturated/α-hetero) is 2. The van der Waals surface area contributed by atoms with E-state index in [1.54, 1.807) is 12.1 Å². The fraction of sp³-hybridized carbons (Fsp3) is 0.423. The molecule has 180 valence electrons. The maximum Gasteiger partial charge on any atom is 0.261 e. The van der Waals surface area contributed by atoms with E-state index in [2.05, 4.69) is 5.32 Å². The van der Waals surface area contributed by atoms with Crippen molar-refractivity contribution in [1.82, 2.24) is 5.32 Å². The SMILES string of the molecule is Cc1ccc2c(c1)C(=O)CC(C(=O)NC1CCC(CC(=O)COc3ccc(Cl)c(F)c3)CC1)O2. The summed E-state index contributed by atoms with van der Waals surface area (Å²) in [7, 11) is 0. The largest absolute Gasteiger partial charge is 0.486 e. The third-order valence-corrected chi connectivity index (χ3v) is 6.67. The third kappa shape index (κ3) is 5.95. The number of ketones is 2. The predicted molar refractivity (Wildman–Crippen MR) is 125 cm³/mol. The van der Waals surface area contributed by atoms with E-state index in [1.165, 1.54) is 12.1 Å². The Morgan fingerprint density at radius 3 is 2.65 bits per heavy atom. The summed E-state index contributed by atoms with van der Waals surface area (Å²) >= 11 is 5.65. The van der Waals surface area contributed by atoms with Gasteiger partial charge < -0.3 is 14.8 Å². The van der Waals surface area contributed by atoms with Crippen LogP contribution in [-0.4, -0.2) is 36.2 Å². The topological polar surface area (TPSA) is 81.7 Å². The van der Waals surface area contributed by atoms with Gasteiger partial charge in [-0.1, -0.05) is 23.2 Å². The maximum absolute atomic E-state index is 13.5. The quantitative estimate of drug-likeness (QED) is 0.604. The summed E-state index contributed by atoms with van der Waals surface area (Å²) in [5.41, 5.74) is 1.50. The van der Waals surface area contributed by atoms with E-state index in [9.17, 15) is 18.8 Å². The van der Waals surface area contributed by atoms with E-state index in [1.807, 2.05) is 13.0 Å². The van der Waals surface area contributed by atoms with Crippen molar-refractivity contribution < 1.29 is 28.2 Å². The van der Waals surface area contributed by atoms with Gasteiger partial charge in [0.15, 0.2) is 17.7 Å². The second-order valence-electron chi connectivity index (χ2n) is 9.07. The Kier molecular flexibility index (Phi) is 7.51. The fourth-order valence-corrected chi connectivity index (χ4v) is 4.62. The number of hydrogen-bond acceptors (Lipinski definition) is 5. The Bertz CT molecular complexity index is 1100. The first-order valence-corrected chi connectivity index (χ1v) is 11.9. The molecule has 1 heterocycles. The molecule has 2 aromatic rings. The van der Waals surface area contributed by atoms with Gasteiger partial charge in [0, 0.05) is 18.5 Å². The Morgan fingerprint density at radius 1 is 1.15 bits per heavy atom. The molecule has 1 unspecified atom stereocenters. The molecule has 4 rings (SSSR count). The lowest BCUT2D eigenvalue weighted by molar-refractivity contribution is -0.129. The van der Waals surface area contributed by atoms with Crippen LogP contribution in [0.1, 0.15) is 54.4 Å². The molecule has 2 aliphatic rings. The molecule has 0 aromatic heterocycles. The smallest absolute Gasteiger partial charge is 0.261 e. The first kappa shape index (κ1) is 24.2. The molecular weight excluding hydrogens is 461 g/mol. The summed E-state index contributed by atoms with van der Waals surface area (Å²) in [4.78, 5) is 37.4. The van der Waals surface area contributed by atoms with Gasteiger partial charge in [0.2, 0.25) is 0 Å². The van der Waals surface area contributed by atoms with Gasteiger partial charge in [-0.2, -0.15) is 0 Å². The number of fused-ring (bicyclic) bond motifs is 1. The molecular formula is C26H27ClFNO5. The van der Waals surface area contributed by atoms with E-state index in [0.717, 1.165) is 37.3 Å². The Morgan fingerprint density at radius 2 is 1.91 bits per heavy atom. The van der Waals surface area contributed by atoms with Gasteiger partial charge >= 0.3 is 0 Å². The highest BCUT2D eigenvalue weighted by Gasteiger charge is 2.33. The van der Waals surface area contributed by atoms with E-state index in [-0.39, 0.29) is 53.2 Å². The van der Waals surface area contributed by atoms with E-state index < -0.39 is 11.9 Å². The zero-order chi connectivity index (χ0) is 24.2. The van der Waals surface area contributed by atoms with Crippen LogP contribution in [0.2, 0.25) is 5.02 Å². The molecule has 1 amide bonds. The van der Waals surface area contributed by atoms with Gasteiger partial charge in [-0.25, -0.2) is 4.39 Å². The predicted octanol–water partition coefficient (Wildman–Crippen LogP) is 4.83. The van der Waals surface area contributed by atoms with Gasteiger partial charge in [-0.05, 0) is 62.8 Å². The Hall–Kier alpha value is -2.93. The van der Waals surface area contributed by atoms with E-state index in [4.69, 9.17) is 21.1 Å². The van der Waals surface area contributed by atoms with Crippen molar-refractivity contribution in [2.45, 2.75) is 57.6 Å². The first-order valence-electron chi connectivity index (χ1n) is 11.5. The Balaban J connectivity index is 1.20. The minimum absolute atomic E-state index is 0.00377. The van der Waals surface area contributed by atoms with Crippen LogP contribution in [0.3, 0.4) is 0 Å². The van der Waals surface area contributed by atoms with Crippen LogP contribution in [0.5, 0.6) is 11.5 Å². The number of ether oxygens (including phenoxy) is 2. The molecule has 0 radical (unpaired) electrons. The number of carbonyl (C=O) groups excluding carboxylic acids is 3. The van der Waals surface area contributed by atoms with E-state index >= 15 is 0 Å². The molecule has 1 aliphatic carbocycles. The highest BCUT2D eigenvalue weighted by atomic mass is 35.5. The van der Waals surface area contributed by atoms with Gasteiger partial charge in [0.05, 0.1) is 17.0 Å². The molecule has 2 aromatic carbocycles. The second-order valence-corrected chi connectivity index (χ2v) is 9.47. The number of rotatable bonds is 7. The van der Waals surface area contributed by atoms with Gasteiger partial charge in [-0.15, -0.1) is 0 Å². The summed E-state index contributed by atoms with van der Waals surface area (Å²) < 4.78 is 24.6. The normalized spacial score (nSPS) is 21.9. The van der Waals surface area contributed by atoms with Gasteiger partial charge in [0.1, 0.15) is 23.9 Å². The standard InChI is InChI=1S/C26H27ClFNO5/c1-15-2-9-24-20(10-15)23(31)13-25(34-24)26(32)29-17-5-3-16(4-6-17)11-18(30)14-33-19-7-8-21(27)22(28)12-19/h2,7-10,12,16-17,25H,3-6,11,13-14H2,1H3,(H,29,32).